The molecule has 0 saturated carbocycles. The standard InChI is InChI=1S/C23H29NO2.ClH/c1-26-22-11-9-21(10-12-22)23(25)8-5-15-24-16-13-20(14-17-24)18-19-6-3-2-4-7-19;/h2-4,6-7,9-12,20H,5,8,13-18H2,1H3;1H. The van der Waals surface area contributed by atoms with Crippen LogP contribution in [0.1, 0.15) is 41.6 Å². The molecule has 0 bridgehead atoms. The normalized spacial score (nSPS) is 15.1. The number of Topliss-reactive ketones (excluding diaryl/α,β-unsaturated/α-hetero) is 1. The molecule has 0 aliphatic carbocycles. The molecule has 1 fully saturated rings. The fourth-order valence-corrected chi connectivity index (χ4v) is 3.75. The quantitative estimate of drug-likeness (QED) is 0.594. The molecule has 0 amide bonds. The Morgan fingerprint density at radius 1 is 1.04 bits per heavy atom. The van der Waals surface area contributed by atoms with Crippen LogP contribution < -0.4 is 4.74 Å². The number of benzene rings is 2. The Labute approximate surface area is 169 Å². The van der Waals surface area contributed by atoms with E-state index in [-0.39, 0.29) is 18.2 Å². The van der Waals surface area contributed by atoms with E-state index in [9.17, 15) is 4.79 Å². The molecule has 0 N–H and O–H groups in total. The first-order valence-corrected chi connectivity index (χ1v) is 9.68. The van der Waals surface area contributed by atoms with Crippen LogP contribution in [0.3, 0.4) is 0 Å². The number of ketones is 1. The number of hydrogen-bond acceptors (Lipinski definition) is 3. The molecule has 1 saturated heterocycles. The van der Waals surface area contributed by atoms with Crippen molar-refractivity contribution in [1.29, 1.82) is 0 Å². The average molecular weight is 388 g/mol. The number of halogens is 1. The van der Waals surface area contributed by atoms with Gasteiger partial charge in [0.2, 0.25) is 0 Å². The fourth-order valence-electron chi connectivity index (χ4n) is 3.75. The number of ether oxygens (including phenoxy) is 1. The van der Waals surface area contributed by atoms with Crippen molar-refractivity contribution in [3.05, 3.63) is 65.7 Å². The highest BCUT2D eigenvalue weighted by Crippen LogP contribution is 2.22. The molecule has 3 nitrogen and oxygen atoms in total. The number of carbonyl (C=O) groups is 1. The highest BCUT2D eigenvalue weighted by Gasteiger charge is 2.19. The summed E-state index contributed by atoms with van der Waals surface area (Å²) in [5, 5.41) is 0. The fraction of sp³-hybridized carbons (Fsp3) is 0.435. The summed E-state index contributed by atoms with van der Waals surface area (Å²) in [6, 6.07) is 18.2. The number of likely N-dealkylation sites (tertiary alicyclic amines) is 1. The summed E-state index contributed by atoms with van der Waals surface area (Å²) in [5.74, 6) is 1.82. The van der Waals surface area contributed by atoms with Crippen molar-refractivity contribution in [3.63, 3.8) is 0 Å². The van der Waals surface area contributed by atoms with Gasteiger partial charge in [-0.3, -0.25) is 4.79 Å². The van der Waals surface area contributed by atoms with E-state index in [1.54, 1.807) is 7.11 Å². The van der Waals surface area contributed by atoms with E-state index in [1.165, 1.54) is 24.8 Å². The molecule has 0 aromatic heterocycles. The summed E-state index contributed by atoms with van der Waals surface area (Å²) in [4.78, 5) is 14.8. The highest BCUT2D eigenvalue weighted by atomic mass is 35.5. The second-order valence-corrected chi connectivity index (χ2v) is 7.23. The van der Waals surface area contributed by atoms with Gasteiger partial charge in [-0.15, -0.1) is 12.4 Å². The Morgan fingerprint density at radius 3 is 2.33 bits per heavy atom. The lowest BCUT2D eigenvalue weighted by molar-refractivity contribution is 0.0970. The summed E-state index contributed by atoms with van der Waals surface area (Å²) in [6.45, 7) is 3.35. The van der Waals surface area contributed by atoms with Crippen LogP contribution >= 0.6 is 12.4 Å². The number of nitrogens with zero attached hydrogens (tertiary/aromatic N) is 1. The van der Waals surface area contributed by atoms with Crippen LogP contribution in [0.2, 0.25) is 0 Å². The van der Waals surface area contributed by atoms with Crippen molar-refractivity contribution in [2.24, 2.45) is 5.92 Å². The lowest BCUT2D eigenvalue weighted by Gasteiger charge is -2.32. The molecule has 1 heterocycles. The van der Waals surface area contributed by atoms with Crippen molar-refractivity contribution in [3.8, 4) is 5.75 Å². The zero-order valence-corrected chi connectivity index (χ0v) is 16.9. The molecule has 27 heavy (non-hydrogen) atoms. The SMILES string of the molecule is COc1ccc(C(=O)CCCN2CCC(Cc3ccccc3)CC2)cc1.Cl. The first kappa shape index (κ1) is 21.5. The van der Waals surface area contributed by atoms with E-state index in [0.29, 0.717) is 6.42 Å². The van der Waals surface area contributed by atoms with Crippen LogP contribution in [0.25, 0.3) is 0 Å². The Kier molecular flexibility index (Phi) is 8.83. The Morgan fingerprint density at radius 2 is 1.70 bits per heavy atom. The van der Waals surface area contributed by atoms with Crippen LogP contribution in [0.5, 0.6) is 5.75 Å². The van der Waals surface area contributed by atoms with Crippen LogP contribution in [-0.2, 0) is 6.42 Å². The molecule has 2 aromatic carbocycles. The minimum Gasteiger partial charge on any atom is -0.497 e. The molecule has 1 aliphatic heterocycles. The highest BCUT2D eigenvalue weighted by molar-refractivity contribution is 5.96. The Bertz CT molecular complexity index is 679. The third-order valence-electron chi connectivity index (χ3n) is 5.36. The third kappa shape index (κ3) is 6.67. The maximum Gasteiger partial charge on any atom is 0.162 e. The van der Waals surface area contributed by atoms with Crippen LogP contribution in [0.4, 0.5) is 0 Å². The molecule has 3 rings (SSSR count). The number of hydrogen-bond donors (Lipinski definition) is 0. The summed E-state index contributed by atoms with van der Waals surface area (Å²) in [5.41, 5.74) is 2.24. The molecule has 0 unspecified atom stereocenters. The molecular weight excluding hydrogens is 358 g/mol. The predicted octanol–water partition coefficient (Wildman–Crippen LogP) is 5.03. The largest absolute Gasteiger partial charge is 0.497 e. The lowest BCUT2D eigenvalue weighted by Crippen LogP contribution is -2.35. The van der Waals surface area contributed by atoms with Gasteiger partial charge in [0.25, 0.3) is 0 Å². The summed E-state index contributed by atoms with van der Waals surface area (Å²) in [7, 11) is 1.64. The molecule has 0 spiro atoms. The van der Waals surface area contributed by atoms with Gasteiger partial charge in [0.1, 0.15) is 5.75 Å². The zero-order valence-electron chi connectivity index (χ0n) is 16.1. The zero-order chi connectivity index (χ0) is 18.2. The summed E-state index contributed by atoms with van der Waals surface area (Å²) < 4.78 is 5.14. The van der Waals surface area contributed by atoms with Crippen LogP contribution in [-0.4, -0.2) is 37.4 Å². The molecule has 4 heteroatoms. The number of rotatable bonds is 8. The van der Waals surface area contributed by atoms with Gasteiger partial charge in [0.05, 0.1) is 7.11 Å². The maximum atomic E-state index is 12.3. The molecule has 0 atom stereocenters. The smallest absolute Gasteiger partial charge is 0.162 e. The maximum absolute atomic E-state index is 12.3. The topological polar surface area (TPSA) is 29.5 Å². The van der Waals surface area contributed by atoms with Gasteiger partial charge in [-0.05, 0) is 81.1 Å². The van der Waals surface area contributed by atoms with Gasteiger partial charge in [-0.1, -0.05) is 30.3 Å². The summed E-state index contributed by atoms with van der Waals surface area (Å²) >= 11 is 0. The van der Waals surface area contributed by atoms with Crippen molar-refractivity contribution in [2.75, 3.05) is 26.7 Å². The van der Waals surface area contributed by atoms with E-state index >= 15 is 0 Å². The van der Waals surface area contributed by atoms with E-state index in [1.807, 2.05) is 24.3 Å². The molecule has 1 aliphatic rings. The van der Waals surface area contributed by atoms with E-state index in [0.717, 1.165) is 43.3 Å². The molecular formula is C23H30ClNO2. The van der Waals surface area contributed by atoms with E-state index in [2.05, 4.69) is 35.2 Å². The Hall–Kier alpha value is -1.84. The van der Waals surface area contributed by atoms with Crippen molar-refractivity contribution < 1.29 is 9.53 Å². The van der Waals surface area contributed by atoms with Gasteiger partial charge >= 0.3 is 0 Å². The van der Waals surface area contributed by atoms with Gasteiger partial charge in [-0.2, -0.15) is 0 Å². The number of piperidine rings is 1. The Balaban J connectivity index is 0.00000261. The van der Waals surface area contributed by atoms with Crippen molar-refractivity contribution >= 4 is 18.2 Å². The number of carbonyl (C=O) groups excluding carboxylic acids is 1. The van der Waals surface area contributed by atoms with Crippen LogP contribution in [0.15, 0.2) is 54.6 Å². The second-order valence-electron chi connectivity index (χ2n) is 7.23. The number of methoxy groups -OCH3 is 1. The predicted molar refractivity (Wildman–Crippen MR) is 113 cm³/mol. The van der Waals surface area contributed by atoms with Crippen molar-refractivity contribution in [2.45, 2.75) is 32.1 Å². The summed E-state index contributed by atoms with van der Waals surface area (Å²) in [6.07, 6.45) is 5.29. The minimum atomic E-state index is 0. The van der Waals surface area contributed by atoms with Gasteiger partial charge in [-0.25, -0.2) is 0 Å². The van der Waals surface area contributed by atoms with Gasteiger partial charge < -0.3 is 9.64 Å². The van der Waals surface area contributed by atoms with Crippen LogP contribution in [0, 0.1) is 5.92 Å². The van der Waals surface area contributed by atoms with E-state index < -0.39 is 0 Å². The van der Waals surface area contributed by atoms with Gasteiger partial charge in [0.15, 0.2) is 5.78 Å². The lowest BCUT2D eigenvalue weighted by atomic mass is 9.90. The second kappa shape index (κ2) is 11.1. The molecule has 0 radical (unpaired) electrons. The average Bonchev–Trinajstić information content (AvgIpc) is 2.70. The molecule has 146 valence electrons. The van der Waals surface area contributed by atoms with Gasteiger partial charge in [0, 0.05) is 12.0 Å². The third-order valence-corrected chi connectivity index (χ3v) is 5.36. The molecule has 2 aromatic rings. The monoisotopic (exact) mass is 387 g/mol. The minimum absolute atomic E-state index is 0. The first-order valence-electron chi connectivity index (χ1n) is 9.68. The van der Waals surface area contributed by atoms with Crippen molar-refractivity contribution in [1.82, 2.24) is 4.90 Å². The first-order chi connectivity index (χ1) is 12.7. The van der Waals surface area contributed by atoms with E-state index in [4.69, 9.17) is 4.74 Å².